The highest BCUT2D eigenvalue weighted by Crippen LogP contribution is 2.25. The number of hydrogen-bond donors (Lipinski definition) is 3. The number of nitrogens with one attached hydrogen (secondary N) is 1. The zero-order valence-electron chi connectivity index (χ0n) is 10.6. The summed E-state index contributed by atoms with van der Waals surface area (Å²) in [6, 6.07) is 11.8. The van der Waals surface area contributed by atoms with Crippen LogP contribution >= 0.6 is 11.8 Å². The molecule has 0 heterocycles. The predicted octanol–water partition coefficient (Wildman–Crippen LogP) is 2.30. The summed E-state index contributed by atoms with van der Waals surface area (Å²) in [6.07, 6.45) is 0. The Bertz CT molecular complexity index is 616. The Labute approximate surface area is 120 Å². The number of nitrogens with two attached hydrogens (primary N) is 2. The maximum atomic E-state index is 13.3. The summed E-state index contributed by atoms with van der Waals surface area (Å²) in [4.78, 5) is 12.1. The smallest absolute Gasteiger partial charge is 0.265 e. The summed E-state index contributed by atoms with van der Waals surface area (Å²) >= 11 is 1.50. The highest BCUT2D eigenvalue weighted by molar-refractivity contribution is 7.98. The van der Waals surface area contributed by atoms with Crippen molar-refractivity contribution in [3.8, 4) is 0 Å². The summed E-state index contributed by atoms with van der Waals surface area (Å²) in [7, 11) is 0. The molecule has 0 saturated carbocycles. The Morgan fingerprint density at radius 1 is 1.20 bits per heavy atom. The van der Waals surface area contributed by atoms with Crippen LogP contribution in [0.25, 0.3) is 0 Å². The molecule has 20 heavy (non-hydrogen) atoms. The van der Waals surface area contributed by atoms with Gasteiger partial charge in [0.05, 0.1) is 5.69 Å². The van der Waals surface area contributed by atoms with E-state index in [-0.39, 0.29) is 11.6 Å². The quantitative estimate of drug-likeness (QED) is 0.265. The fourth-order valence-corrected chi connectivity index (χ4v) is 2.48. The van der Waals surface area contributed by atoms with Crippen LogP contribution in [-0.4, -0.2) is 5.91 Å². The lowest BCUT2D eigenvalue weighted by atomic mass is 10.1. The number of amides is 1. The first-order chi connectivity index (χ1) is 9.60. The summed E-state index contributed by atoms with van der Waals surface area (Å²) in [5.74, 6) is 4.99. The second-order valence-electron chi connectivity index (χ2n) is 4.14. The van der Waals surface area contributed by atoms with Crippen molar-refractivity contribution in [1.29, 1.82) is 0 Å². The van der Waals surface area contributed by atoms with Crippen molar-refractivity contribution in [1.82, 2.24) is 5.43 Å². The number of carbonyl (C=O) groups is 1. The van der Waals surface area contributed by atoms with Crippen molar-refractivity contribution >= 4 is 23.4 Å². The summed E-state index contributed by atoms with van der Waals surface area (Å²) in [6.45, 7) is 0. The molecule has 0 spiro atoms. The van der Waals surface area contributed by atoms with E-state index in [1.165, 1.54) is 17.8 Å². The first-order valence-electron chi connectivity index (χ1n) is 5.88. The maximum Gasteiger partial charge on any atom is 0.265 e. The van der Waals surface area contributed by atoms with Gasteiger partial charge in [-0.1, -0.05) is 12.1 Å². The molecule has 2 aromatic rings. The van der Waals surface area contributed by atoms with E-state index in [0.717, 1.165) is 10.5 Å². The second-order valence-corrected chi connectivity index (χ2v) is 5.19. The standard InChI is InChI=1S/C14H14FN3OS/c15-12-7-11(5-6-13(12)16)20-8-9-1-3-10(4-2-9)14(19)18-17/h1-7H,8,16-17H2,(H,18,19). The van der Waals surface area contributed by atoms with Gasteiger partial charge in [-0.25, -0.2) is 10.2 Å². The number of anilines is 1. The molecule has 0 unspecified atom stereocenters. The number of thioether (sulfide) groups is 1. The lowest BCUT2D eigenvalue weighted by molar-refractivity contribution is 0.0953. The van der Waals surface area contributed by atoms with E-state index >= 15 is 0 Å². The monoisotopic (exact) mass is 291 g/mol. The molecule has 2 rings (SSSR count). The van der Waals surface area contributed by atoms with E-state index < -0.39 is 5.82 Å². The molecule has 2 aromatic carbocycles. The van der Waals surface area contributed by atoms with Gasteiger partial charge in [0.15, 0.2) is 0 Å². The van der Waals surface area contributed by atoms with Gasteiger partial charge < -0.3 is 5.73 Å². The molecule has 6 heteroatoms. The van der Waals surface area contributed by atoms with Crippen LogP contribution in [0.4, 0.5) is 10.1 Å². The molecule has 0 aliphatic carbocycles. The maximum absolute atomic E-state index is 13.3. The second kappa shape index (κ2) is 6.40. The van der Waals surface area contributed by atoms with Gasteiger partial charge in [-0.15, -0.1) is 11.8 Å². The summed E-state index contributed by atoms with van der Waals surface area (Å²) < 4.78 is 13.3. The van der Waals surface area contributed by atoms with E-state index in [1.54, 1.807) is 24.3 Å². The van der Waals surface area contributed by atoms with Crippen molar-refractivity contribution in [2.75, 3.05) is 5.73 Å². The average molecular weight is 291 g/mol. The normalized spacial score (nSPS) is 10.3. The third-order valence-electron chi connectivity index (χ3n) is 2.72. The van der Waals surface area contributed by atoms with Gasteiger partial charge in [-0.05, 0) is 35.9 Å². The number of halogens is 1. The molecule has 0 radical (unpaired) electrons. The van der Waals surface area contributed by atoms with Gasteiger partial charge in [0.2, 0.25) is 0 Å². The van der Waals surface area contributed by atoms with Gasteiger partial charge in [0.25, 0.3) is 5.91 Å². The van der Waals surface area contributed by atoms with E-state index in [9.17, 15) is 9.18 Å². The van der Waals surface area contributed by atoms with Crippen LogP contribution in [0.1, 0.15) is 15.9 Å². The Morgan fingerprint density at radius 2 is 1.90 bits per heavy atom. The minimum Gasteiger partial charge on any atom is -0.396 e. The molecule has 0 fully saturated rings. The van der Waals surface area contributed by atoms with Gasteiger partial charge in [0, 0.05) is 16.2 Å². The largest absolute Gasteiger partial charge is 0.396 e. The first-order valence-corrected chi connectivity index (χ1v) is 6.86. The molecule has 0 aromatic heterocycles. The Hall–Kier alpha value is -2.05. The number of carbonyl (C=O) groups excluding carboxylic acids is 1. The van der Waals surface area contributed by atoms with Crippen LogP contribution in [0.5, 0.6) is 0 Å². The molecule has 0 aliphatic rings. The SMILES string of the molecule is NNC(=O)c1ccc(CSc2ccc(N)c(F)c2)cc1. The average Bonchev–Trinajstić information content (AvgIpc) is 2.48. The van der Waals surface area contributed by atoms with E-state index in [1.807, 2.05) is 12.1 Å². The third kappa shape index (κ3) is 3.49. The van der Waals surface area contributed by atoms with Gasteiger partial charge in [0.1, 0.15) is 5.82 Å². The van der Waals surface area contributed by atoms with Crippen LogP contribution in [0.15, 0.2) is 47.4 Å². The zero-order chi connectivity index (χ0) is 14.5. The van der Waals surface area contributed by atoms with Crippen molar-refractivity contribution in [2.24, 2.45) is 5.84 Å². The van der Waals surface area contributed by atoms with Crippen molar-refractivity contribution in [3.63, 3.8) is 0 Å². The molecule has 0 saturated heterocycles. The Balaban J connectivity index is 2.00. The van der Waals surface area contributed by atoms with Crippen LogP contribution in [0, 0.1) is 5.82 Å². The first kappa shape index (κ1) is 14.4. The van der Waals surface area contributed by atoms with Gasteiger partial charge in [-0.3, -0.25) is 10.2 Å². The van der Waals surface area contributed by atoms with Crippen LogP contribution in [0.2, 0.25) is 0 Å². The van der Waals surface area contributed by atoms with E-state index in [0.29, 0.717) is 11.3 Å². The minimum atomic E-state index is -0.412. The lowest BCUT2D eigenvalue weighted by Gasteiger charge is -2.05. The highest BCUT2D eigenvalue weighted by atomic mass is 32.2. The fraction of sp³-hybridized carbons (Fsp3) is 0.0714. The fourth-order valence-electron chi connectivity index (χ4n) is 1.60. The van der Waals surface area contributed by atoms with E-state index in [4.69, 9.17) is 11.6 Å². The summed E-state index contributed by atoms with van der Waals surface area (Å²) in [5, 5.41) is 0. The number of rotatable bonds is 4. The third-order valence-corrected chi connectivity index (χ3v) is 3.79. The zero-order valence-corrected chi connectivity index (χ0v) is 11.4. The number of hydrazine groups is 1. The van der Waals surface area contributed by atoms with Crippen molar-refractivity contribution < 1.29 is 9.18 Å². The van der Waals surface area contributed by atoms with Gasteiger partial charge in [-0.2, -0.15) is 0 Å². The molecule has 0 aliphatic heterocycles. The number of benzene rings is 2. The summed E-state index contributed by atoms with van der Waals surface area (Å²) in [5.41, 5.74) is 9.17. The Morgan fingerprint density at radius 3 is 2.50 bits per heavy atom. The lowest BCUT2D eigenvalue weighted by Crippen LogP contribution is -2.29. The molecule has 104 valence electrons. The number of hydrogen-bond acceptors (Lipinski definition) is 4. The van der Waals surface area contributed by atoms with Crippen LogP contribution in [-0.2, 0) is 5.75 Å². The van der Waals surface area contributed by atoms with Crippen molar-refractivity contribution in [2.45, 2.75) is 10.6 Å². The number of nitrogen functional groups attached to an aromatic ring is 2. The molecule has 1 amide bonds. The van der Waals surface area contributed by atoms with Crippen LogP contribution < -0.4 is 17.0 Å². The molecular formula is C14H14FN3OS. The van der Waals surface area contributed by atoms with Crippen molar-refractivity contribution in [3.05, 3.63) is 59.4 Å². The molecule has 4 nitrogen and oxygen atoms in total. The molecule has 0 bridgehead atoms. The molecular weight excluding hydrogens is 277 g/mol. The molecule has 5 N–H and O–H groups in total. The topological polar surface area (TPSA) is 81.1 Å². The van der Waals surface area contributed by atoms with E-state index in [2.05, 4.69) is 5.43 Å². The highest BCUT2D eigenvalue weighted by Gasteiger charge is 2.04. The van der Waals surface area contributed by atoms with Crippen LogP contribution in [0.3, 0.4) is 0 Å². The van der Waals surface area contributed by atoms with Gasteiger partial charge >= 0.3 is 0 Å². The predicted molar refractivity (Wildman–Crippen MR) is 78.5 cm³/mol. The Kier molecular flexibility index (Phi) is 4.60. The minimum absolute atomic E-state index is 0.145. The molecule has 0 atom stereocenters.